The van der Waals surface area contributed by atoms with Crippen molar-refractivity contribution >= 4 is 11.9 Å². The summed E-state index contributed by atoms with van der Waals surface area (Å²) in [4.78, 5) is 25.3. The first-order valence-corrected chi connectivity index (χ1v) is 9.29. The second kappa shape index (κ2) is 8.23. The number of aryl methyl sites for hydroxylation is 1. The Morgan fingerprint density at radius 3 is 2.10 bits per heavy atom. The fourth-order valence-electron chi connectivity index (χ4n) is 3.14. The van der Waals surface area contributed by atoms with Gasteiger partial charge in [-0.2, -0.15) is 5.10 Å². The van der Waals surface area contributed by atoms with Crippen LogP contribution in [0.3, 0.4) is 0 Å². The monoisotopic (exact) mass is 418 g/mol. The Morgan fingerprint density at radius 1 is 0.871 bits per heavy atom. The van der Waals surface area contributed by atoms with Crippen LogP contribution in [0, 0.1) is 6.92 Å². The molecule has 0 bridgehead atoms. The minimum absolute atomic E-state index is 0.0135. The minimum atomic E-state index is -0.707. The second-order valence-corrected chi connectivity index (χ2v) is 6.51. The summed E-state index contributed by atoms with van der Waals surface area (Å²) in [5.74, 6) is -0.575. The van der Waals surface area contributed by atoms with Crippen molar-refractivity contribution in [1.82, 2.24) is 20.0 Å². The van der Waals surface area contributed by atoms with E-state index in [0.29, 0.717) is 28.6 Å². The third-order valence-corrected chi connectivity index (χ3v) is 4.59. The summed E-state index contributed by atoms with van der Waals surface area (Å²) in [6.45, 7) is 1.71. The number of hydrogen-bond acceptors (Lipinski definition) is 8. The highest BCUT2D eigenvalue weighted by molar-refractivity contribution is 6.06. The van der Waals surface area contributed by atoms with Gasteiger partial charge in [0.25, 0.3) is 0 Å². The summed E-state index contributed by atoms with van der Waals surface area (Å²) in [5.41, 5.74) is 2.17. The van der Waals surface area contributed by atoms with Crippen molar-refractivity contribution < 1.29 is 23.5 Å². The summed E-state index contributed by atoms with van der Waals surface area (Å²) >= 11 is 0. The number of ether oxygens (including phenoxy) is 2. The Bertz CT molecular complexity index is 1240. The molecule has 156 valence electrons. The lowest BCUT2D eigenvalue weighted by Gasteiger charge is -2.07. The molecule has 2 heterocycles. The normalized spacial score (nSPS) is 10.7. The molecular formula is C22H18N4O5. The van der Waals surface area contributed by atoms with Gasteiger partial charge in [-0.1, -0.05) is 30.3 Å². The Labute approximate surface area is 177 Å². The van der Waals surface area contributed by atoms with Crippen molar-refractivity contribution in [2.75, 3.05) is 14.2 Å². The van der Waals surface area contributed by atoms with Gasteiger partial charge in [0.2, 0.25) is 11.8 Å². The number of methoxy groups -OCH3 is 2. The zero-order chi connectivity index (χ0) is 22.0. The lowest BCUT2D eigenvalue weighted by atomic mass is 10.0. The Hall–Kier alpha value is -4.27. The van der Waals surface area contributed by atoms with Gasteiger partial charge >= 0.3 is 11.9 Å². The van der Waals surface area contributed by atoms with Crippen LogP contribution in [0.4, 0.5) is 0 Å². The zero-order valence-corrected chi connectivity index (χ0v) is 17.0. The van der Waals surface area contributed by atoms with Gasteiger partial charge in [0.05, 0.1) is 19.9 Å². The van der Waals surface area contributed by atoms with Gasteiger partial charge in [0.1, 0.15) is 11.3 Å². The third kappa shape index (κ3) is 3.68. The van der Waals surface area contributed by atoms with Crippen LogP contribution in [0.2, 0.25) is 0 Å². The molecule has 31 heavy (non-hydrogen) atoms. The molecule has 9 nitrogen and oxygen atoms in total. The molecule has 0 spiro atoms. The van der Waals surface area contributed by atoms with Crippen molar-refractivity contribution in [3.63, 3.8) is 0 Å². The number of hydrogen-bond donors (Lipinski definition) is 0. The van der Waals surface area contributed by atoms with E-state index in [2.05, 4.69) is 15.3 Å². The molecule has 0 atom stereocenters. The zero-order valence-electron chi connectivity index (χ0n) is 17.0. The largest absolute Gasteiger partial charge is 0.465 e. The van der Waals surface area contributed by atoms with E-state index in [0.717, 1.165) is 0 Å². The van der Waals surface area contributed by atoms with Crippen molar-refractivity contribution in [3.05, 3.63) is 71.7 Å². The smallest absolute Gasteiger partial charge is 0.357 e. The Balaban J connectivity index is 1.90. The fourth-order valence-corrected chi connectivity index (χ4v) is 3.14. The maximum absolute atomic E-state index is 12.7. The summed E-state index contributed by atoms with van der Waals surface area (Å²) in [7, 11) is 2.49. The van der Waals surface area contributed by atoms with Crippen LogP contribution in [-0.4, -0.2) is 46.1 Å². The van der Waals surface area contributed by atoms with E-state index in [-0.39, 0.29) is 17.0 Å². The highest BCUT2D eigenvalue weighted by Gasteiger charge is 2.31. The van der Waals surface area contributed by atoms with E-state index in [1.165, 1.54) is 18.9 Å². The molecule has 0 aliphatic rings. The van der Waals surface area contributed by atoms with E-state index in [1.54, 1.807) is 55.5 Å². The van der Waals surface area contributed by atoms with Crippen LogP contribution in [0.5, 0.6) is 0 Å². The molecule has 0 radical (unpaired) electrons. The van der Waals surface area contributed by atoms with Crippen LogP contribution < -0.4 is 0 Å². The quantitative estimate of drug-likeness (QED) is 0.453. The minimum Gasteiger partial charge on any atom is -0.465 e. The molecule has 0 amide bonds. The molecule has 9 heteroatoms. The summed E-state index contributed by atoms with van der Waals surface area (Å²) in [5, 5.41) is 12.4. The maximum Gasteiger partial charge on any atom is 0.357 e. The fraction of sp³-hybridized carbons (Fsp3) is 0.136. The second-order valence-electron chi connectivity index (χ2n) is 6.51. The molecule has 2 aromatic heterocycles. The molecule has 2 aromatic carbocycles. The van der Waals surface area contributed by atoms with E-state index < -0.39 is 11.9 Å². The molecule has 0 unspecified atom stereocenters. The molecule has 0 aliphatic carbocycles. The van der Waals surface area contributed by atoms with Crippen LogP contribution in [0.1, 0.15) is 26.7 Å². The van der Waals surface area contributed by atoms with E-state index >= 15 is 0 Å². The van der Waals surface area contributed by atoms with Crippen LogP contribution >= 0.6 is 0 Å². The van der Waals surface area contributed by atoms with Crippen molar-refractivity contribution in [1.29, 1.82) is 0 Å². The molecule has 4 aromatic rings. The van der Waals surface area contributed by atoms with Crippen LogP contribution in [0.25, 0.3) is 28.4 Å². The molecule has 4 rings (SSSR count). The first kappa shape index (κ1) is 20.0. The standard InChI is InChI=1S/C22H18N4O5/c1-13-23-24-20(31-13)15-11-9-14(10-12-15)18-17(21(27)29-2)19(22(28)30-3)26(25-18)16-7-5-4-6-8-16/h4-12H,1-3H3. The summed E-state index contributed by atoms with van der Waals surface area (Å²) < 4.78 is 16.7. The van der Waals surface area contributed by atoms with Crippen molar-refractivity contribution in [3.8, 4) is 28.4 Å². The Kier molecular flexibility index (Phi) is 5.31. The van der Waals surface area contributed by atoms with Crippen molar-refractivity contribution in [2.45, 2.75) is 6.92 Å². The van der Waals surface area contributed by atoms with Gasteiger partial charge in [-0.05, 0) is 24.3 Å². The van der Waals surface area contributed by atoms with Gasteiger partial charge in [-0.15, -0.1) is 10.2 Å². The molecule has 0 saturated heterocycles. The molecule has 0 aliphatic heterocycles. The lowest BCUT2D eigenvalue weighted by molar-refractivity contribution is 0.0549. The third-order valence-electron chi connectivity index (χ3n) is 4.59. The summed E-state index contributed by atoms with van der Waals surface area (Å²) in [6.07, 6.45) is 0. The predicted octanol–water partition coefficient (Wildman–Crippen LogP) is 3.47. The Morgan fingerprint density at radius 2 is 1.52 bits per heavy atom. The van der Waals surface area contributed by atoms with E-state index in [1.807, 2.05) is 6.07 Å². The molecule has 0 saturated carbocycles. The van der Waals surface area contributed by atoms with Crippen LogP contribution in [-0.2, 0) is 9.47 Å². The van der Waals surface area contributed by atoms with Gasteiger partial charge in [-0.25, -0.2) is 14.3 Å². The number of aromatic nitrogens is 4. The average molecular weight is 418 g/mol. The lowest BCUT2D eigenvalue weighted by Crippen LogP contribution is -2.15. The average Bonchev–Trinajstić information content (AvgIpc) is 3.43. The van der Waals surface area contributed by atoms with Gasteiger partial charge in [-0.3, -0.25) is 0 Å². The SMILES string of the molecule is COC(=O)c1c(-c2ccc(-c3nnc(C)o3)cc2)nn(-c2ccccc2)c1C(=O)OC. The molecular weight excluding hydrogens is 400 g/mol. The van der Waals surface area contributed by atoms with Gasteiger partial charge in [0, 0.05) is 18.1 Å². The number of carbonyl (C=O) groups is 2. The van der Waals surface area contributed by atoms with Crippen molar-refractivity contribution in [2.24, 2.45) is 0 Å². The molecule has 0 N–H and O–H groups in total. The van der Waals surface area contributed by atoms with Gasteiger partial charge < -0.3 is 13.9 Å². The van der Waals surface area contributed by atoms with Crippen LogP contribution in [0.15, 0.2) is 59.0 Å². The van der Waals surface area contributed by atoms with E-state index in [9.17, 15) is 9.59 Å². The highest BCUT2D eigenvalue weighted by Crippen LogP contribution is 2.30. The maximum atomic E-state index is 12.7. The number of carbonyl (C=O) groups excluding carboxylic acids is 2. The number of benzene rings is 2. The number of nitrogens with zero attached hydrogens (tertiary/aromatic N) is 4. The number of esters is 2. The first-order chi connectivity index (χ1) is 15.0. The first-order valence-electron chi connectivity index (χ1n) is 9.29. The molecule has 0 fully saturated rings. The van der Waals surface area contributed by atoms with E-state index in [4.69, 9.17) is 13.9 Å². The summed E-state index contributed by atoms with van der Waals surface area (Å²) in [6, 6.07) is 16.0. The highest BCUT2D eigenvalue weighted by atomic mass is 16.5. The predicted molar refractivity (Wildman–Crippen MR) is 110 cm³/mol. The van der Waals surface area contributed by atoms with Gasteiger partial charge in [0.15, 0.2) is 5.69 Å². The number of para-hydroxylation sites is 1. The number of rotatable bonds is 5. The topological polar surface area (TPSA) is 109 Å².